The number of nitrogens with one attached hydrogen (secondary N) is 2. The predicted molar refractivity (Wildman–Crippen MR) is 166 cm³/mol. The second-order valence-corrected chi connectivity index (χ2v) is 12.1. The summed E-state index contributed by atoms with van der Waals surface area (Å²) in [5.41, 5.74) is 2.65. The van der Waals surface area contributed by atoms with Crippen LogP contribution < -0.4 is 14.9 Å². The van der Waals surface area contributed by atoms with Crippen LogP contribution in [0.3, 0.4) is 0 Å². The van der Waals surface area contributed by atoms with Gasteiger partial charge >= 0.3 is 0 Å². The van der Waals surface area contributed by atoms with Gasteiger partial charge in [-0.1, -0.05) is 58.7 Å². The first-order chi connectivity index (χ1) is 18.3. The van der Waals surface area contributed by atoms with Gasteiger partial charge in [0.05, 0.1) is 16.5 Å². The lowest BCUT2D eigenvalue weighted by Gasteiger charge is -2.17. The highest BCUT2D eigenvalue weighted by Crippen LogP contribution is 2.31. The summed E-state index contributed by atoms with van der Waals surface area (Å²) >= 11 is 4.79. The molecular formula is C28H33BrN4O3S2. The number of thioether (sulfide) groups is 1. The Morgan fingerprint density at radius 1 is 1.05 bits per heavy atom. The molecule has 0 saturated carbocycles. The molecule has 0 unspecified atom stereocenters. The van der Waals surface area contributed by atoms with Crippen molar-refractivity contribution in [2.45, 2.75) is 30.6 Å². The van der Waals surface area contributed by atoms with Crippen LogP contribution in [0, 0.1) is 0 Å². The number of aliphatic imine (C=N–C) groups is 1. The molecule has 0 heterocycles. The number of halogens is 1. The molecule has 3 rings (SSSR count). The van der Waals surface area contributed by atoms with Crippen LogP contribution in [0.5, 0.6) is 0 Å². The molecule has 0 radical (unpaired) electrons. The van der Waals surface area contributed by atoms with Crippen molar-refractivity contribution in [1.29, 1.82) is 0 Å². The molecule has 0 fully saturated rings. The standard InChI is InChI=1S/C28H33BrN4O3S2/c1-30-25(19-37-20-31-28(34)16-5-4-6-17-29)21-10-7-11-22(18-21)32-38(35,36)27-15-9-12-23-24(27)13-8-14-26(23)33(2)3/h7-15,18-19,32H,1,4-6,16-17,20H2,2-3H3,(H,31,34)/b25-19-. The Morgan fingerprint density at radius 3 is 2.53 bits per heavy atom. The van der Waals surface area contributed by atoms with E-state index in [4.69, 9.17) is 0 Å². The summed E-state index contributed by atoms with van der Waals surface area (Å²) in [5, 5.41) is 7.16. The zero-order valence-electron chi connectivity index (χ0n) is 21.6. The SMILES string of the molecule is C=N/C(=C\SCNC(=O)CCCCCBr)c1cccc(NS(=O)(=O)c2cccc3c(N(C)C)cccc23)c1. The highest BCUT2D eigenvalue weighted by molar-refractivity contribution is 9.09. The zero-order chi connectivity index (χ0) is 27.5. The van der Waals surface area contributed by atoms with Gasteiger partial charge in [0, 0.05) is 53.6 Å². The van der Waals surface area contributed by atoms with Crippen molar-refractivity contribution in [2.75, 3.05) is 34.9 Å². The summed E-state index contributed by atoms with van der Waals surface area (Å²) in [6, 6.07) is 17.9. The lowest BCUT2D eigenvalue weighted by Crippen LogP contribution is -2.21. The molecule has 0 aliphatic rings. The maximum atomic E-state index is 13.4. The van der Waals surface area contributed by atoms with Crippen molar-refractivity contribution in [3.8, 4) is 0 Å². The molecule has 0 aromatic heterocycles. The number of sulfonamides is 1. The van der Waals surface area contributed by atoms with E-state index in [0.29, 0.717) is 34.6 Å². The molecule has 0 saturated heterocycles. The molecule has 0 aliphatic heterocycles. The van der Waals surface area contributed by atoms with Crippen molar-refractivity contribution in [2.24, 2.45) is 4.99 Å². The Hall–Kier alpha value is -2.82. The highest BCUT2D eigenvalue weighted by atomic mass is 79.9. The lowest BCUT2D eigenvalue weighted by atomic mass is 10.1. The number of fused-ring (bicyclic) bond motifs is 1. The summed E-state index contributed by atoms with van der Waals surface area (Å²) in [4.78, 5) is 18.2. The maximum Gasteiger partial charge on any atom is 0.262 e. The number of hydrogen-bond acceptors (Lipinski definition) is 6. The summed E-state index contributed by atoms with van der Waals surface area (Å²) in [6.07, 6.45) is 3.47. The van der Waals surface area contributed by atoms with Crippen LogP contribution in [0.25, 0.3) is 16.5 Å². The quantitative estimate of drug-likeness (QED) is 0.0937. The molecule has 10 heteroatoms. The first-order valence-electron chi connectivity index (χ1n) is 12.2. The Bertz CT molecular complexity index is 1410. The third-order valence-corrected chi connectivity index (χ3v) is 8.50. The number of rotatable bonds is 14. The number of nitrogens with zero attached hydrogens (tertiary/aromatic N) is 2. The van der Waals surface area contributed by atoms with E-state index < -0.39 is 10.0 Å². The Morgan fingerprint density at radius 2 is 1.79 bits per heavy atom. The Balaban J connectivity index is 1.72. The van der Waals surface area contributed by atoms with Crippen molar-refractivity contribution in [1.82, 2.24) is 5.32 Å². The highest BCUT2D eigenvalue weighted by Gasteiger charge is 2.19. The fourth-order valence-corrected chi connectivity index (χ4v) is 6.29. The van der Waals surface area contributed by atoms with Gasteiger partial charge in [-0.25, -0.2) is 8.42 Å². The van der Waals surface area contributed by atoms with Gasteiger partial charge in [0.15, 0.2) is 0 Å². The van der Waals surface area contributed by atoms with Crippen LogP contribution in [-0.4, -0.2) is 46.3 Å². The molecule has 3 aromatic carbocycles. The van der Waals surface area contributed by atoms with Gasteiger partial charge in [0.25, 0.3) is 10.0 Å². The van der Waals surface area contributed by atoms with E-state index in [-0.39, 0.29) is 10.8 Å². The molecule has 0 atom stereocenters. The van der Waals surface area contributed by atoms with Crippen molar-refractivity contribution < 1.29 is 13.2 Å². The number of hydrogen-bond donors (Lipinski definition) is 2. The average Bonchev–Trinajstić information content (AvgIpc) is 2.90. The molecule has 2 N–H and O–H groups in total. The number of alkyl halides is 1. The normalized spacial score (nSPS) is 11.8. The van der Waals surface area contributed by atoms with Gasteiger partial charge in [-0.3, -0.25) is 14.5 Å². The van der Waals surface area contributed by atoms with Crippen LogP contribution in [0.4, 0.5) is 11.4 Å². The topological polar surface area (TPSA) is 90.9 Å². The fraction of sp³-hybridized carbons (Fsp3) is 0.286. The minimum Gasteiger partial charge on any atom is -0.377 e. The largest absolute Gasteiger partial charge is 0.377 e. The van der Waals surface area contributed by atoms with E-state index in [9.17, 15) is 13.2 Å². The number of anilines is 2. The molecule has 0 bridgehead atoms. The predicted octanol–water partition coefficient (Wildman–Crippen LogP) is 6.47. The van der Waals surface area contributed by atoms with Crippen molar-refractivity contribution in [3.63, 3.8) is 0 Å². The molecule has 7 nitrogen and oxygen atoms in total. The fourth-order valence-electron chi connectivity index (χ4n) is 3.93. The summed E-state index contributed by atoms with van der Waals surface area (Å²) < 4.78 is 29.5. The average molecular weight is 618 g/mol. The maximum absolute atomic E-state index is 13.4. The lowest BCUT2D eigenvalue weighted by molar-refractivity contribution is -0.120. The van der Waals surface area contributed by atoms with Crippen LogP contribution in [0.15, 0.2) is 76.0 Å². The van der Waals surface area contributed by atoms with Crippen molar-refractivity contribution >= 4 is 78.2 Å². The summed E-state index contributed by atoms with van der Waals surface area (Å²) in [6.45, 7) is 3.65. The van der Waals surface area contributed by atoms with Gasteiger partial charge in [0.1, 0.15) is 0 Å². The minimum atomic E-state index is -3.86. The molecule has 0 spiro atoms. The summed E-state index contributed by atoms with van der Waals surface area (Å²) in [5.74, 6) is 0.440. The van der Waals surface area contributed by atoms with Crippen LogP contribution in [0.1, 0.15) is 31.2 Å². The van der Waals surface area contributed by atoms with Gasteiger partial charge < -0.3 is 10.2 Å². The van der Waals surface area contributed by atoms with Gasteiger partial charge in [-0.2, -0.15) is 0 Å². The molecule has 38 heavy (non-hydrogen) atoms. The number of carbonyl (C=O) groups excluding carboxylic acids is 1. The van der Waals surface area contributed by atoms with Crippen LogP contribution in [0.2, 0.25) is 0 Å². The van der Waals surface area contributed by atoms with E-state index in [1.165, 1.54) is 11.8 Å². The van der Waals surface area contributed by atoms with Crippen molar-refractivity contribution in [3.05, 3.63) is 71.6 Å². The molecule has 1 amide bonds. The molecule has 202 valence electrons. The third kappa shape index (κ3) is 8.09. The second-order valence-electron chi connectivity index (χ2n) is 8.78. The first-order valence-corrected chi connectivity index (χ1v) is 15.9. The van der Waals surface area contributed by atoms with Crippen LogP contribution in [-0.2, 0) is 14.8 Å². The summed E-state index contributed by atoms with van der Waals surface area (Å²) in [7, 11) is -0.00619. The van der Waals surface area contributed by atoms with E-state index in [2.05, 4.69) is 37.7 Å². The molecule has 3 aromatic rings. The number of unbranched alkanes of at least 4 members (excludes halogenated alkanes) is 2. The van der Waals surface area contributed by atoms with Gasteiger partial charge in [-0.15, -0.1) is 11.8 Å². The number of amides is 1. The Labute approximate surface area is 238 Å². The van der Waals surface area contributed by atoms with E-state index in [1.807, 2.05) is 49.3 Å². The van der Waals surface area contributed by atoms with Gasteiger partial charge in [0.2, 0.25) is 5.91 Å². The molecular weight excluding hydrogens is 584 g/mol. The minimum absolute atomic E-state index is 0.0242. The smallest absolute Gasteiger partial charge is 0.262 e. The number of carbonyl (C=O) groups is 1. The Kier molecular flexibility index (Phi) is 11.2. The van der Waals surface area contributed by atoms with E-state index in [0.717, 1.165) is 35.7 Å². The second kappa shape index (κ2) is 14.4. The molecule has 0 aliphatic carbocycles. The van der Waals surface area contributed by atoms with Gasteiger partial charge in [-0.05, 0) is 49.2 Å². The third-order valence-electron chi connectivity index (χ3n) is 5.80. The van der Waals surface area contributed by atoms with E-state index in [1.54, 1.807) is 35.7 Å². The number of benzene rings is 3. The van der Waals surface area contributed by atoms with Crippen LogP contribution >= 0.6 is 27.7 Å². The first kappa shape index (κ1) is 29.7. The van der Waals surface area contributed by atoms with E-state index >= 15 is 0 Å². The monoisotopic (exact) mass is 616 g/mol. The zero-order valence-corrected chi connectivity index (χ0v) is 24.8.